The van der Waals surface area contributed by atoms with Gasteiger partial charge in [-0.05, 0) is 24.3 Å². The van der Waals surface area contributed by atoms with Crippen LogP contribution in [0.15, 0.2) is 75.4 Å². The quantitative estimate of drug-likeness (QED) is 0.593. The zero-order valence-corrected chi connectivity index (χ0v) is 14.5. The Labute approximate surface area is 153 Å². The molecule has 2 aromatic carbocycles. The molecule has 3 rings (SSSR count). The monoisotopic (exact) mass is 388 g/mol. The highest BCUT2D eigenvalue weighted by Crippen LogP contribution is 2.23. The van der Waals surface area contributed by atoms with E-state index in [1.165, 1.54) is 24.3 Å². The predicted molar refractivity (Wildman–Crippen MR) is 95.8 cm³/mol. The summed E-state index contributed by atoms with van der Waals surface area (Å²) in [7, 11) is -4.35. The molecule has 3 aromatic rings. The van der Waals surface area contributed by atoms with Crippen molar-refractivity contribution in [2.75, 3.05) is 10.6 Å². The van der Waals surface area contributed by atoms with Crippen LogP contribution in [0.5, 0.6) is 0 Å². The number of carbonyl (C=O) groups excluding carboxylic acids is 1. The van der Waals surface area contributed by atoms with Crippen LogP contribution in [0.2, 0.25) is 0 Å². The summed E-state index contributed by atoms with van der Waals surface area (Å²) < 4.78 is 39.8. The normalized spacial score (nSPS) is 11.0. The number of hydrogen-bond donors (Lipinski definition) is 3. The van der Waals surface area contributed by atoms with Gasteiger partial charge < -0.3 is 5.32 Å². The number of carbonyl (C=O) groups is 1. The zero-order valence-electron chi connectivity index (χ0n) is 13.6. The summed E-state index contributed by atoms with van der Waals surface area (Å²) in [6.07, 6.45) is 0. The van der Waals surface area contributed by atoms with Gasteiger partial charge in [-0.3, -0.25) is 10.3 Å². The van der Waals surface area contributed by atoms with Gasteiger partial charge in [0.05, 0.1) is 4.90 Å². The van der Waals surface area contributed by atoms with Crippen LogP contribution in [0.25, 0.3) is 0 Å². The molecular weight excluding hydrogens is 375 g/mol. The van der Waals surface area contributed by atoms with Gasteiger partial charge in [0.25, 0.3) is 0 Å². The lowest BCUT2D eigenvalue weighted by Crippen LogP contribution is -2.26. The second-order valence-electron chi connectivity index (χ2n) is 5.30. The lowest BCUT2D eigenvalue weighted by Gasteiger charge is -2.10. The molecule has 3 N–H and O–H groups in total. The van der Waals surface area contributed by atoms with E-state index in [-0.39, 0.29) is 4.90 Å². The van der Waals surface area contributed by atoms with Gasteiger partial charge in [-0.1, -0.05) is 36.4 Å². The molecule has 1 heterocycles. The van der Waals surface area contributed by atoms with Gasteiger partial charge in [-0.15, -0.1) is 0 Å². The number of aromatic amines is 1. The molecule has 0 spiro atoms. The fourth-order valence-corrected chi connectivity index (χ4v) is 3.52. The molecule has 138 valence electrons. The fraction of sp³-hybridized carbons (Fsp3) is 0. The Morgan fingerprint density at radius 1 is 0.963 bits per heavy atom. The van der Waals surface area contributed by atoms with E-state index in [1.807, 2.05) is 10.3 Å². The molecular formula is C17H13FN4O4S. The van der Waals surface area contributed by atoms with Crippen molar-refractivity contribution in [3.8, 4) is 0 Å². The van der Waals surface area contributed by atoms with Crippen molar-refractivity contribution in [1.82, 2.24) is 9.97 Å². The number of benzene rings is 2. The number of amides is 2. The van der Waals surface area contributed by atoms with Gasteiger partial charge in [-0.25, -0.2) is 18.0 Å². The Balaban J connectivity index is 1.95. The molecule has 0 aliphatic carbocycles. The minimum atomic E-state index is -4.35. The van der Waals surface area contributed by atoms with E-state index < -0.39 is 38.2 Å². The number of rotatable bonds is 4. The number of sulfone groups is 1. The molecule has 27 heavy (non-hydrogen) atoms. The summed E-state index contributed by atoms with van der Waals surface area (Å²) in [4.78, 5) is 28.7. The number of H-pyrrole nitrogens is 1. The highest BCUT2D eigenvalue weighted by Gasteiger charge is 2.26. The summed E-state index contributed by atoms with van der Waals surface area (Å²) in [6.45, 7) is 0. The molecule has 0 fully saturated rings. The summed E-state index contributed by atoms with van der Waals surface area (Å²) >= 11 is 0. The summed E-state index contributed by atoms with van der Waals surface area (Å²) in [6, 6.07) is 14.4. The zero-order chi connectivity index (χ0) is 19.4. The fourth-order valence-electron chi connectivity index (χ4n) is 2.21. The Kier molecular flexibility index (Phi) is 4.99. The van der Waals surface area contributed by atoms with Gasteiger partial charge >= 0.3 is 11.7 Å². The van der Waals surface area contributed by atoms with Crippen LogP contribution in [-0.2, 0) is 9.84 Å². The van der Waals surface area contributed by atoms with E-state index in [2.05, 4.69) is 10.3 Å². The SMILES string of the molecule is O=C(Nc1ccccc1)Nc1nc(=O)[nH]c(S(=O)(=O)c2ccccc2)c1F. The molecule has 1 aromatic heterocycles. The Morgan fingerprint density at radius 3 is 2.19 bits per heavy atom. The van der Waals surface area contributed by atoms with Crippen LogP contribution in [0.3, 0.4) is 0 Å². The lowest BCUT2D eigenvalue weighted by molar-refractivity contribution is 0.262. The first-order valence-corrected chi connectivity index (χ1v) is 9.09. The van der Waals surface area contributed by atoms with Crippen molar-refractivity contribution in [3.63, 3.8) is 0 Å². The largest absolute Gasteiger partial charge is 0.348 e. The van der Waals surface area contributed by atoms with Crippen molar-refractivity contribution in [2.24, 2.45) is 0 Å². The summed E-state index contributed by atoms with van der Waals surface area (Å²) in [5, 5.41) is 3.47. The smallest absolute Gasteiger partial charge is 0.308 e. The molecule has 2 amide bonds. The molecule has 0 unspecified atom stereocenters. The van der Waals surface area contributed by atoms with Gasteiger partial charge in [0.15, 0.2) is 10.8 Å². The second-order valence-corrected chi connectivity index (χ2v) is 7.18. The number of nitrogens with one attached hydrogen (secondary N) is 3. The summed E-state index contributed by atoms with van der Waals surface area (Å²) in [5.41, 5.74) is -0.710. The minimum Gasteiger partial charge on any atom is -0.308 e. The first kappa shape index (κ1) is 18.3. The molecule has 0 radical (unpaired) electrons. The van der Waals surface area contributed by atoms with E-state index in [0.29, 0.717) is 5.69 Å². The van der Waals surface area contributed by atoms with Gasteiger partial charge in [0, 0.05) is 5.69 Å². The topological polar surface area (TPSA) is 121 Å². The number of hydrogen-bond acceptors (Lipinski definition) is 5. The number of anilines is 2. The van der Waals surface area contributed by atoms with E-state index in [1.54, 1.807) is 36.4 Å². The van der Waals surface area contributed by atoms with Crippen LogP contribution in [-0.4, -0.2) is 24.4 Å². The number of aromatic nitrogens is 2. The van der Waals surface area contributed by atoms with E-state index in [4.69, 9.17) is 0 Å². The van der Waals surface area contributed by atoms with Crippen molar-refractivity contribution in [2.45, 2.75) is 9.92 Å². The van der Waals surface area contributed by atoms with Crippen LogP contribution >= 0.6 is 0 Å². The van der Waals surface area contributed by atoms with E-state index in [9.17, 15) is 22.4 Å². The van der Waals surface area contributed by atoms with Crippen molar-refractivity contribution < 1.29 is 17.6 Å². The molecule has 0 bridgehead atoms. The molecule has 0 aliphatic rings. The van der Waals surface area contributed by atoms with E-state index >= 15 is 0 Å². The van der Waals surface area contributed by atoms with Crippen molar-refractivity contribution in [1.29, 1.82) is 0 Å². The van der Waals surface area contributed by atoms with Crippen molar-refractivity contribution >= 4 is 27.4 Å². The van der Waals surface area contributed by atoms with E-state index in [0.717, 1.165) is 0 Å². The third-order valence-electron chi connectivity index (χ3n) is 3.43. The average Bonchev–Trinajstić information content (AvgIpc) is 2.65. The Morgan fingerprint density at radius 2 is 1.56 bits per heavy atom. The van der Waals surface area contributed by atoms with Crippen LogP contribution in [0, 0.1) is 5.82 Å². The third kappa shape index (κ3) is 4.01. The number of para-hydroxylation sites is 1. The minimum absolute atomic E-state index is 0.217. The molecule has 0 aliphatic heterocycles. The highest BCUT2D eigenvalue weighted by atomic mass is 32.2. The Hall–Kier alpha value is -3.53. The first-order valence-electron chi connectivity index (χ1n) is 7.61. The number of halogens is 1. The third-order valence-corrected chi connectivity index (χ3v) is 5.14. The maximum Gasteiger partial charge on any atom is 0.348 e. The van der Waals surface area contributed by atoms with Crippen molar-refractivity contribution in [3.05, 3.63) is 77.0 Å². The average molecular weight is 388 g/mol. The van der Waals surface area contributed by atoms with Crippen LogP contribution in [0.4, 0.5) is 20.7 Å². The molecule has 8 nitrogen and oxygen atoms in total. The summed E-state index contributed by atoms with van der Waals surface area (Å²) in [5.74, 6) is -2.18. The molecule has 10 heteroatoms. The number of urea groups is 1. The maximum atomic E-state index is 14.7. The van der Waals surface area contributed by atoms with Crippen LogP contribution in [0.1, 0.15) is 0 Å². The van der Waals surface area contributed by atoms with Gasteiger partial charge in [0.2, 0.25) is 15.7 Å². The predicted octanol–water partition coefficient (Wildman–Crippen LogP) is 2.39. The molecule has 0 atom stereocenters. The number of nitrogens with zero attached hydrogens (tertiary/aromatic N) is 1. The van der Waals surface area contributed by atoms with Crippen LogP contribution < -0.4 is 16.3 Å². The van der Waals surface area contributed by atoms with Gasteiger partial charge in [-0.2, -0.15) is 9.37 Å². The standard InChI is InChI=1S/C17H13FN4O4S/c18-13-14(20-16(23)19-11-7-3-1-4-8-11)21-17(24)22-15(13)27(25,26)12-9-5-2-6-10-12/h1-10H,(H3,19,20,21,22,23,24). The lowest BCUT2D eigenvalue weighted by atomic mass is 10.3. The first-order chi connectivity index (χ1) is 12.9. The Bertz CT molecular complexity index is 1130. The molecule has 0 saturated carbocycles. The molecule has 0 saturated heterocycles. The second kappa shape index (κ2) is 7.38. The maximum absolute atomic E-state index is 14.7. The van der Waals surface area contributed by atoms with Gasteiger partial charge in [0.1, 0.15) is 0 Å². The highest BCUT2D eigenvalue weighted by molar-refractivity contribution is 7.91.